The molecule has 0 saturated carbocycles. The number of hydrogen-bond donors (Lipinski definition) is 3. The molecular weight excluding hydrogens is 360 g/mol. The Morgan fingerprint density at radius 1 is 1.07 bits per heavy atom. The largest absolute Gasteiger partial charge is 0.454 e. The van der Waals surface area contributed by atoms with Crippen LogP contribution in [0.4, 0.5) is 11.4 Å². The molecule has 142 valence electrons. The average molecular weight is 378 g/mol. The molecule has 0 bridgehead atoms. The molecule has 8 heteroatoms. The van der Waals surface area contributed by atoms with Gasteiger partial charge in [-0.1, -0.05) is 6.07 Å². The number of fused-ring (bicyclic) bond motifs is 1. The first kappa shape index (κ1) is 18.8. The molecule has 0 radical (unpaired) electrons. The van der Waals surface area contributed by atoms with E-state index in [2.05, 4.69) is 16.0 Å². The summed E-state index contributed by atoms with van der Waals surface area (Å²) < 4.78 is 10.6. The van der Waals surface area contributed by atoms with Crippen LogP contribution in [0, 0.1) is 11.3 Å². The van der Waals surface area contributed by atoms with Crippen molar-refractivity contribution >= 4 is 23.2 Å². The number of ether oxygens (including phenoxy) is 2. The molecule has 0 aliphatic carbocycles. The van der Waals surface area contributed by atoms with Gasteiger partial charge < -0.3 is 25.4 Å². The van der Waals surface area contributed by atoms with E-state index in [1.165, 1.54) is 13.1 Å². The fraction of sp³-hybridized carbons (Fsp3) is 0.150. The van der Waals surface area contributed by atoms with Crippen molar-refractivity contribution in [2.24, 2.45) is 0 Å². The summed E-state index contributed by atoms with van der Waals surface area (Å²) in [6.07, 6.45) is 1.37. The van der Waals surface area contributed by atoms with E-state index >= 15 is 0 Å². The molecule has 1 heterocycles. The molecule has 0 unspecified atom stereocenters. The van der Waals surface area contributed by atoms with Gasteiger partial charge in [-0.25, -0.2) is 0 Å². The topological polar surface area (TPSA) is 112 Å². The third kappa shape index (κ3) is 4.80. The molecule has 1 aliphatic rings. The highest BCUT2D eigenvalue weighted by atomic mass is 16.7. The number of carbonyl (C=O) groups is 2. The Kier molecular flexibility index (Phi) is 5.77. The van der Waals surface area contributed by atoms with Crippen LogP contribution in [0.25, 0.3) is 0 Å². The maximum absolute atomic E-state index is 12.3. The first-order chi connectivity index (χ1) is 13.5. The zero-order valence-electron chi connectivity index (χ0n) is 15.1. The Bertz CT molecular complexity index is 961. The number of anilines is 2. The quantitative estimate of drug-likeness (QED) is 0.526. The van der Waals surface area contributed by atoms with E-state index < -0.39 is 5.91 Å². The number of hydrogen-bond acceptors (Lipinski definition) is 6. The first-order valence-corrected chi connectivity index (χ1v) is 8.46. The molecule has 0 saturated heterocycles. The van der Waals surface area contributed by atoms with Crippen LogP contribution in [0.3, 0.4) is 0 Å². The molecule has 3 rings (SSSR count). The van der Waals surface area contributed by atoms with Crippen LogP contribution in [-0.2, 0) is 16.1 Å². The smallest absolute Gasteiger partial charge is 0.267 e. The van der Waals surface area contributed by atoms with Crippen LogP contribution in [0.2, 0.25) is 0 Å². The van der Waals surface area contributed by atoms with Gasteiger partial charge in [0.1, 0.15) is 11.6 Å². The second-order valence-electron chi connectivity index (χ2n) is 5.95. The van der Waals surface area contributed by atoms with E-state index in [1.54, 1.807) is 24.3 Å². The van der Waals surface area contributed by atoms with Crippen molar-refractivity contribution in [3.05, 3.63) is 59.8 Å². The summed E-state index contributed by atoms with van der Waals surface area (Å²) in [4.78, 5) is 23.3. The van der Waals surface area contributed by atoms with Gasteiger partial charge in [0.25, 0.3) is 5.91 Å². The van der Waals surface area contributed by atoms with Gasteiger partial charge in [0, 0.05) is 31.0 Å². The van der Waals surface area contributed by atoms with Gasteiger partial charge in [-0.3, -0.25) is 9.59 Å². The Morgan fingerprint density at radius 2 is 1.75 bits per heavy atom. The maximum Gasteiger partial charge on any atom is 0.267 e. The third-order valence-corrected chi connectivity index (χ3v) is 3.82. The fourth-order valence-corrected chi connectivity index (χ4v) is 2.51. The summed E-state index contributed by atoms with van der Waals surface area (Å²) in [5.41, 5.74) is 1.99. The Morgan fingerprint density at radius 3 is 2.43 bits per heavy atom. The fourth-order valence-electron chi connectivity index (χ4n) is 2.51. The molecule has 0 aromatic heterocycles. The van der Waals surface area contributed by atoms with Crippen molar-refractivity contribution in [3.63, 3.8) is 0 Å². The van der Waals surface area contributed by atoms with Gasteiger partial charge in [-0.2, -0.15) is 5.26 Å². The predicted molar refractivity (Wildman–Crippen MR) is 102 cm³/mol. The Balaban J connectivity index is 1.57. The van der Waals surface area contributed by atoms with Crippen molar-refractivity contribution < 1.29 is 19.1 Å². The zero-order valence-corrected chi connectivity index (χ0v) is 15.1. The predicted octanol–water partition coefficient (Wildman–Crippen LogP) is 2.51. The van der Waals surface area contributed by atoms with Gasteiger partial charge >= 0.3 is 0 Å². The molecule has 1 aliphatic heterocycles. The van der Waals surface area contributed by atoms with E-state index in [-0.39, 0.29) is 18.3 Å². The summed E-state index contributed by atoms with van der Waals surface area (Å²) in [5.74, 6) is 0.651. The minimum atomic E-state index is -0.534. The van der Waals surface area contributed by atoms with Crippen LogP contribution < -0.4 is 25.4 Å². The minimum absolute atomic E-state index is 0.0633. The van der Waals surface area contributed by atoms with Crippen molar-refractivity contribution in [1.82, 2.24) is 5.32 Å². The summed E-state index contributed by atoms with van der Waals surface area (Å²) in [5, 5.41) is 17.5. The van der Waals surface area contributed by atoms with Crippen molar-refractivity contribution in [2.45, 2.75) is 13.5 Å². The van der Waals surface area contributed by atoms with Crippen LogP contribution in [0.5, 0.6) is 11.5 Å². The second-order valence-corrected chi connectivity index (χ2v) is 5.95. The van der Waals surface area contributed by atoms with Crippen molar-refractivity contribution in [3.8, 4) is 17.6 Å². The zero-order chi connectivity index (χ0) is 19.9. The Hall–Kier alpha value is -3.99. The molecular formula is C20H18N4O4. The molecule has 2 amide bonds. The second kappa shape index (κ2) is 8.60. The lowest BCUT2D eigenvalue weighted by molar-refractivity contribution is -0.114. The molecule has 3 N–H and O–H groups in total. The van der Waals surface area contributed by atoms with Gasteiger partial charge in [-0.15, -0.1) is 0 Å². The molecule has 28 heavy (non-hydrogen) atoms. The third-order valence-electron chi connectivity index (χ3n) is 3.82. The van der Waals surface area contributed by atoms with Gasteiger partial charge in [0.2, 0.25) is 12.7 Å². The number of nitrogens with one attached hydrogen (secondary N) is 3. The van der Waals surface area contributed by atoms with E-state index in [0.29, 0.717) is 29.4 Å². The van der Waals surface area contributed by atoms with Crippen LogP contribution in [-0.4, -0.2) is 18.6 Å². The summed E-state index contributed by atoms with van der Waals surface area (Å²) >= 11 is 0. The standard InChI is InChI=1S/C20H18N4O4/c1-13(25)23-16-3-5-17(6-4-16)24-20(26)15(9-21)11-22-10-14-2-7-18-19(8-14)28-12-27-18/h2-8,11,22H,10,12H2,1H3,(H,23,25)(H,24,26)/b15-11-. The molecule has 0 fully saturated rings. The number of benzene rings is 2. The average Bonchev–Trinajstić information content (AvgIpc) is 3.14. The summed E-state index contributed by atoms with van der Waals surface area (Å²) in [7, 11) is 0. The van der Waals surface area contributed by atoms with Crippen molar-refractivity contribution in [2.75, 3.05) is 17.4 Å². The van der Waals surface area contributed by atoms with Crippen LogP contribution in [0.15, 0.2) is 54.2 Å². The first-order valence-electron chi connectivity index (χ1n) is 8.46. The van der Waals surface area contributed by atoms with Crippen LogP contribution in [0.1, 0.15) is 12.5 Å². The molecule has 2 aromatic rings. The van der Waals surface area contributed by atoms with Gasteiger partial charge in [-0.05, 0) is 42.0 Å². The number of nitrogens with zero attached hydrogens (tertiary/aromatic N) is 1. The lowest BCUT2D eigenvalue weighted by Crippen LogP contribution is -2.16. The van der Waals surface area contributed by atoms with E-state index in [4.69, 9.17) is 9.47 Å². The van der Waals surface area contributed by atoms with Crippen LogP contribution >= 0.6 is 0 Å². The van der Waals surface area contributed by atoms with E-state index in [0.717, 1.165) is 5.56 Å². The maximum atomic E-state index is 12.3. The number of rotatable bonds is 6. The number of carbonyl (C=O) groups excluding carboxylic acids is 2. The van der Waals surface area contributed by atoms with Gasteiger partial charge in [0.15, 0.2) is 11.5 Å². The van der Waals surface area contributed by atoms with Gasteiger partial charge in [0.05, 0.1) is 0 Å². The highest BCUT2D eigenvalue weighted by Crippen LogP contribution is 2.32. The monoisotopic (exact) mass is 378 g/mol. The molecule has 0 atom stereocenters. The SMILES string of the molecule is CC(=O)Nc1ccc(NC(=O)/C(C#N)=C\NCc2ccc3c(c2)OCO3)cc1. The van der Waals surface area contributed by atoms with E-state index in [1.807, 2.05) is 24.3 Å². The molecule has 8 nitrogen and oxygen atoms in total. The van der Waals surface area contributed by atoms with Crippen molar-refractivity contribution in [1.29, 1.82) is 5.26 Å². The number of amides is 2. The lowest BCUT2D eigenvalue weighted by atomic mass is 10.2. The summed E-state index contributed by atoms with van der Waals surface area (Å²) in [6, 6.07) is 14.0. The number of nitriles is 1. The molecule has 2 aromatic carbocycles. The van der Waals surface area contributed by atoms with E-state index in [9.17, 15) is 14.9 Å². The normalized spacial score (nSPS) is 12.1. The summed E-state index contributed by atoms with van der Waals surface area (Å²) in [6.45, 7) is 2.04. The molecule has 0 spiro atoms. The Labute approximate surface area is 161 Å². The lowest BCUT2D eigenvalue weighted by Gasteiger charge is -2.07. The highest BCUT2D eigenvalue weighted by molar-refractivity contribution is 6.06. The minimum Gasteiger partial charge on any atom is -0.454 e. The highest BCUT2D eigenvalue weighted by Gasteiger charge is 2.13.